The van der Waals surface area contributed by atoms with Gasteiger partial charge in [-0.3, -0.25) is 9.36 Å². The van der Waals surface area contributed by atoms with Crippen LogP contribution in [0.15, 0.2) is 151 Å². The number of ether oxygens (including phenoxy) is 4. The first-order chi connectivity index (χ1) is 33.1. The van der Waals surface area contributed by atoms with Crippen molar-refractivity contribution in [1.29, 1.82) is 0 Å². The molecule has 18 heteroatoms. The van der Waals surface area contributed by atoms with Crippen LogP contribution in [0.25, 0.3) is 11.2 Å². The monoisotopic (exact) mass is 972 g/mol. The summed E-state index contributed by atoms with van der Waals surface area (Å²) in [7, 11) is -2.13. The fourth-order valence-corrected chi connectivity index (χ4v) is 13.3. The van der Waals surface area contributed by atoms with Crippen molar-refractivity contribution in [3.8, 4) is 11.5 Å². The first-order valence-electron chi connectivity index (χ1n) is 22.3. The van der Waals surface area contributed by atoms with Crippen molar-refractivity contribution in [3.05, 3.63) is 173 Å². The molecule has 6 atom stereocenters. The molecule has 0 unspecified atom stereocenters. The molecule has 0 radical (unpaired) electrons. The molecule has 15 nitrogen and oxygen atoms in total. The Kier molecular flexibility index (Phi) is 13.2. The number of amides is 1. The highest BCUT2D eigenvalue weighted by Gasteiger charge is 2.51. The SMILES string of the molecule is COc1ccc(C(OC[C@H]2O[C@@H](n3c(=S)[nH]c4c(NC(=O)c5ccccc5)ncnc43)C[C@@H]2O[P@]2O[C@H](CS(=O)(=O)c3ccccc3)[C@@H]3CCCN32)(c2ccccc2)c2ccc(OC)cc2)cc1. The second-order valence-electron chi connectivity index (χ2n) is 16.7. The molecule has 2 aromatic heterocycles. The van der Waals surface area contributed by atoms with Gasteiger partial charge in [-0.1, -0.05) is 91.0 Å². The Balaban J connectivity index is 1.01. The first-order valence-corrected chi connectivity index (χ1v) is 25.5. The van der Waals surface area contributed by atoms with E-state index in [1.54, 1.807) is 73.4 Å². The minimum Gasteiger partial charge on any atom is -0.497 e. The van der Waals surface area contributed by atoms with Crippen molar-refractivity contribution in [3.63, 3.8) is 0 Å². The molecule has 3 aliphatic rings. The molecule has 3 saturated heterocycles. The van der Waals surface area contributed by atoms with E-state index < -0.39 is 48.5 Å². The van der Waals surface area contributed by atoms with E-state index in [0.29, 0.717) is 46.0 Å². The number of sulfone groups is 1. The summed E-state index contributed by atoms with van der Waals surface area (Å²) in [6, 6.07) is 42.8. The summed E-state index contributed by atoms with van der Waals surface area (Å²) in [5.74, 6) is 1.12. The van der Waals surface area contributed by atoms with Crippen LogP contribution >= 0.6 is 20.7 Å². The maximum atomic E-state index is 13.7. The van der Waals surface area contributed by atoms with Crippen molar-refractivity contribution in [1.82, 2.24) is 24.2 Å². The van der Waals surface area contributed by atoms with Crippen molar-refractivity contribution >= 4 is 53.5 Å². The molecule has 350 valence electrons. The minimum atomic E-state index is -3.66. The maximum Gasteiger partial charge on any atom is 0.259 e. The van der Waals surface area contributed by atoms with Crippen LogP contribution in [-0.2, 0) is 34.0 Å². The Morgan fingerprint density at radius 2 is 1.46 bits per heavy atom. The largest absolute Gasteiger partial charge is 0.497 e. The highest BCUT2D eigenvalue weighted by atomic mass is 32.2. The van der Waals surface area contributed by atoms with E-state index in [1.165, 1.54) is 6.33 Å². The molecule has 0 saturated carbocycles. The fourth-order valence-electron chi connectivity index (χ4n) is 9.36. The number of carbonyl (C=O) groups excluding carboxylic acids is 1. The van der Waals surface area contributed by atoms with Crippen LogP contribution in [-0.4, -0.2) is 96.0 Å². The van der Waals surface area contributed by atoms with E-state index in [9.17, 15) is 13.2 Å². The number of benzene rings is 5. The number of H-pyrrole nitrogens is 1. The van der Waals surface area contributed by atoms with Crippen LogP contribution < -0.4 is 14.8 Å². The number of aromatic nitrogens is 4. The number of rotatable bonds is 16. The predicted octanol–water partition coefficient (Wildman–Crippen LogP) is 9.00. The van der Waals surface area contributed by atoms with Crippen molar-refractivity contribution in [2.24, 2.45) is 0 Å². The van der Waals surface area contributed by atoms with E-state index >= 15 is 0 Å². The molecule has 3 fully saturated rings. The van der Waals surface area contributed by atoms with E-state index in [0.717, 1.165) is 29.5 Å². The van der Waals surface area contributed by atoms with Crippen LogP contribution in [0.2, 0.25) is 0 Å². The topological polar surface area (TPSA) is 168 Å². The van der Waals surface area contributed by atoms with Crippen molar-refractivity contribution < 1.29 is 41.2 Å². The van der Waals surface area contributed by atoms with Gasteiger partial charge in [0, 0.05) is 24.6 Å². The Morgan fingerprint density at radius 3 is 2.10 bits per heavy atom. The van der Waals surface area contributed by atoms with Gasteiger partial charge in [0.15, 0.2) is 26.1 Å². The first kappa shape index (κ1) is 45.9. The molecule has 0 spiro atoms. The van der Waals surface area contributed by atoms with Crippen LogP contribution in [0.4, 0.5) is 5.82 Å². The molecule has 0 aliphatic carbocycles. The zero-order valence-corrected chi connectivity index (χ0v) is 39.7. The molecule has 7 aromatic rings. The number of nitrogens with one attached hydrogen (secondary N) is 2. The third-order valence-electron chi connectivity index (χ3n) is 12.7. The van der Waals surface area contributed by atoms with Crippen LogP contribution in [0.5, 0.6) is 11.5 Å². The molecule has 1 amide bonds. The quantitative estimate of drug-likeness (QED) is 0.0535. The predicted molar refractivity (Wildman–Crippen MR) is 259 cm³/mol. The number of methoxy groups -OCH3 is 2. The summed E-state index contributed by atoms with van der Waals surface area (Å²) in [6.07, 6.45) is 0.652. The lowest BCUT2D eigenvalue weighted by molar-refractivity contribution is -0.0908. The number of aromatic amines is 1. The van der Waals surface area contributed by atoms with Gasteiger partial charge in [-0.15, -0.1) is 0 Å². The zero-order valence-electron chi connectivity index (χ0n) is 37.2. The molecule has 3 aliphatic heterocycles. The van der Waals surface area contributed by atoms with E-state index in [1.807, 2.05) is 84.9 Å². The van der Waals surface area contributed by atoms with Crippen LogP contribution in [0, 0.1) is 4.77 Å². The van der Waals surface area contributed by atoms with Gasteiger partial charge in [-0.25, -0.2) is 23.1 Å². The third kappa shape index (κ3) is 8.96. The normalized spacial score (nSPS) is 21.7. The average molecular weight is 973 g/mol. The Bertz CT molecular complexity index is 2990. The number of anilines is 1. The zero-order chi connectivity index (χ0) is 46.8. The van der Waals surface area contributed by atoms with Gasteiger partial charge in [0.1, 0.15) is 41.3 Å². The molecule has 2 N–H and O–H groups in total. The van der Waals surface area contributed by atoms with Gasteiger partial charge >= 0.3 is 0 Å². The van der Waals surface area contributed by atoms with Gasteiger partial charge in [0.05, 0.1) is 43.7 Å². The Labute approximate surface area is 400 Å². The number of carbonyl (C=O) groups is 1. The second kappa shape index (κ2) is 19.6. The summed E-state index contributed by atoms with van der Waals surface area (Å²) in [5.41, 5.74) is 2.69. The molecule has 0 bridgehead atoms. The lowest BCUT2D eigenvalue weighted by atomic mass is 9.80. The number of fused-ring (bicyclic) bond motifs is 2. The lowest BCUT2D eigenvalue weighted by Crippen LogP contribution is -2.38. The maximum absolute atomic E-state index is 13.7. The molecule has 10 rings (SSSR count). The minimum absolute atomic E-state index is 0.0234. The molecule has 68 heavy (non-hydrogen) atoms. The summed E-state index contributed by atoms with van der Waals surface area (Å²) in [6.45, 7) is 0.722. The summed E-state index contributed by atoms with van der Waals surface area (Å²) in [5, 5.41) is 2.90. The van der Waals surface area contributed by atoms with Gasteiger partial charge in [-0.05, 0) is 90.3 Å². The Hall–Kier alpha value is -5.88. The second-order valence-corrected chi connectivity index (χ2v) is 20.5. The molecular weight excluding hydrogens is 924 g/mol. The smallest absolute Gasteiger partial charge is 0.259 e. The highest BCUT2D eigenvalue weighted by Crippen LogP contribution is 2.58. The lowest BCUT2D eigenvalue weighted by Gasteiger charge is -2.37. The third-order valence-corrected chi connectivity index (χ3v) is 16.6. The summed E-state index contributed by atoms with van der Waals surface area (Å²) >= 11 is 5.97. The van der Waals surface area contributed by atoms with E-state index in [2.05, 4.69) is 24.9 Å². The van der Waals surface area contributed by atoms with Crippen LogP contribution in [0.3, 0.4) is 0 Å². The summed E-state index contributed by atoms with van der Waals surface area (Å²) < 4.78 is 71.0. The van der Waals surface area contributed by atoms with Gasteiger partial charge < -0.3 is 38.3 Å². The van der Waals surface area contributed by atoms with Crippen molar-refractivity contribution in [2.75, 3.05) is 38.4 Å². The number of hydrogen-bond donors (Lipinski definition) is 2. The summed E-state index contributed by atoms with van der Waals surface area (Å²) in [4.78, 5) is 25.8. The van der Waals surface area contributed by atoms with E-state index in [4.69, 9.17) is 40.2 Å². The van der Waals surface area contributed by atoms with Gasteiger partial charge in [0.25, 0.3) is 14.4 Å². The Morgan fingerprint density at radius 1 is 0.838 bits per heavy atom. The van der Waals surface area contributed by atoms with Crippen molar-refractivity contribution in [2.45, 2.75) is 60.3 Å². The average Bonchev–Trinajstić information content (AvgIpc) is 4.17. The standard InChI is InChI=1S/C50H49N6O9PS2/c1-60-37-24-20-35(21-25-37)50(34-15-8-4-9-16-34,36-22-26-38(61-2)27-23-36)62-30-42-41(64-66-55-28-12-19-40(55)43(65-66)31-68(58,59)39-17-10-5-11-18-39)29-44(63-42)56-47-45(53-49(56)67)46(51-32-52-47)54-48(57)33-13-6-3-7-14-33/h3-11,13-18,20-27,32,40-44H,12,19,28-31H2,1-2H3,(H,53,67)(H,51,52,54,57)/t40-,41-,42+,43+,44+,66+/m0/s1. The highest BCUT2D eigenvalue weighted by molar-refractivity contribution is 7.91. The molecule has 5 aromatic carbocycles. The number of hydrogen-bond acceptors (Lipinski definition) is 13. The molecule has 5 heterocycles. The van der Waals surface area contributed by atoms with Crippen LogP contribution in [0.1, 0.15) is 52.5 Å². The van der Waals surface area contributed by atoms with Gasteiger partial charge in [0.2, 0.25) is 0 Å². The fraction of sp³-hybridized carbons (Fsp3) is 0.280. The molecular formula is C50H49N6O9PS2. The van der Waals surface area contributed by atoms with Gasteiger partial charge in [-0.2, -0.15) is 0 Å². The number of nitrogens with zero attached hydrogens (tertiary/aromatic N) is 4. The number of imidazole rings is 1. The van der Waals surface area contributed by atoms with E-state index in [-0.39, 0.29) is 35.0 Å².